The molecule has 0 aromatic rings. The van der Waals surface area contributed by atoms with Crippen molar-refractivity contribution in [2.45, 2.75) is 27.0 Å². The molecule has 0 radical (unpaired) electrons. The molecule has 1 aliphatic rings. The van der Waals surface area contributed by atoms with Gasteiger partial charge in [-0.3, -0.25) is 0 Å². The highest BCUT2D eigenvalue weighted by Crippen LogP contribution is 1.87. The first-order chi connectivity index (χ1) is 4.29. The van der Waals surface area contributed by atoms with Crippen LogP contribution in [0.3, 0.4) is 0 Å². The minimum Gasteiger partial charge on any atom is -0.309 e. The lowest BCUT2D eigenvalue weighted by Crippen LogP contribution is -2.23. The van der Waals surface area contributed by atoms with Crippen LogP contribution in [0, 0.1) is 0 Å². The Morgan fingerprint density at radius 2 is 2.11 bits per heavy atom. The van der Waals surface area contributed by atoms with Crippen LogP contribution in [0.1, 0.15) is 20.8 Å². The molecule has 0 bridgehead atoms. The molecule has 1 aliphatic heterocycles. The van der Waals surface area contributed by atoms with Gasteiger partial charge in [0.15, 0.2) is 6.23 Å². The van der Waals surface area contributed by atoms with Crippen molar-refractivity contribution in [3.05, 3.63) is 0 Å². The Morgan fingerprint density at radius 3 is 2.22 bits per heavy atom. The molecule has 0 spiro atoms. The third kappa shape index (κ3) is 2.92. The van der Waals surface area contributed by atoms with E-state index in [1.165, 1.54) is 0 Å². The lowest BCUT2D eigenvalue weighted by Gasteiger charge is -1.92. The first-order valence-corrected chi connectivity index (χ1v) is 3.01. The molecule has 1 heterocycles. The van der Waals surface area contributed by atoms with Gasteiger partial charge in [0, 0.05) is 0 Å². The lowest BCUT2D eigenvalue weighted by molar-refractivity contribution is 0.0452. The molecule has 0 aromatic heterocycles. The molecule has 9 heavy (non-hydrogen) atoms. The van der Waals surface area contributed by atoms with Crippen molar-refractivity contribution in [2.24, 2.45) is 0 Å². The van der Waals surface area contributed by atoms with Crippen molar-refractivity contribution in [3.63, 3.8) is 0 Å². The van der Waals surface area contributed by atoms with Crippen molar-refractivity contribution in [1.29, 1.82) is 0 Å². The number of hydrogen-bond donors (Lipinski definition) is 2. The maximum atomic E-state index is 10.1. The van der Waals surface area contributed by atoms with Crippen molar-refractivity contribution in [2.75, 3.05) is 0 Å². The minimum atomic E-state index is -0.271. The van der Waals surface area contributed by atoms with Gasteiger partial charge in [-0.1, -0.05) is 13.8 Å². The quantitative estimate of drug-likeness (QED) is 0.507. The molecule has 4 nitrogen and oxygen atoms in total. The van der Waals surface area contributed by atoms with E-state index in [-0.39, 0.29) is 12.3 Å². The Kier molecular flexibility index (Phi) is 3.79. The zero-order chi connectivity index (χ0) is 7.28. The standard InChI is InChI=1S/C3H6N2O2.C2H6/c1-2-4-3(6)5-7-2;1-2/h2H,1H3,(H2,4,5,6);1-2H3. The fraction of sp³-hybridized carbons (Fsp3) is 0.800. The van der Waals surface area contributed by atoms with Crippen molar-refractivity contribution in [1.82, 2.24) is 10.8 Å². The van der Waals surface area contributed by atoms with E-state index >= 15 is 0 Å². The van der Waals surface area contributed by atoms with E-state index < -0.39 is 0 Å². The Hall–Kier alpha value is -0.770. The van der Waals surface area contributed by atoms with Gasteiger partial charge in [-0.05, 0) is 6.92 Å². The van der Waals surface area contributed by atoms with Crippen LogP contribution in [0.15, 0.2) is 0 Å². The summed E-state index contributed by atoms with van der Waals surface area (Å²) in [7, 11) is 0. The van der Waals surface area contributed by atoms with E-state index in [1.54, 1.807) is 6.92 Å². The highest BCUT2D eigenvalue weighted by atomic mass is 16.7. The summed E-state index contributed by atoms with van der Waals surface area (Å²) in [5.41, 5.74) is 2.12. The third-order valence-corrected chi connectivity index (χ3v) is 0.663. The van der Waals surface area contributed by atoms with Gasteiger partial charge in [0.05, 0.1) is 0 Å². The maximum Gasteiger partial charge on any atom is 0.340 e. The second-order valence-corrected chi connectivity index (χ2v) is 1.34. The fourth-order valence-corrected chi connectivity index (χ4v) is 0.385. The van der Waals surface area contributed by atoms with Gasteiger partial charge >= 0.3 is 6.03 Å². The molecule has 2 amide bonds. The van der Waals surface area contributed by atoms with Crippen LogP contribution in [-0.2, 0) is 4.84 Å². The predicted molar refractivity (Wildman–Crippen MR) is 33.6 cm³/mol. The molecule has 1 saturated heterocycles. The van der Waals surface area contributed by atoms with Crippen LogP contribution in [0.5, 0.6) is 0 Å². The van der Waals surface area contributed by atoms with Gasteiger partial charge in [-0.2, -0.15) is 0 Å². The van der Waals surface area contributed by atoms with Crippen molar-refractivity contribution < 1.29 is 9.63 Å². The molecule has 1 unspecified atom stereocenters. The fourth-order valence-electron chi connectivity index (χ4n) is 0.385. The summed E-state index contributed by atoms with van der Waals surface area (Å²) in [6.07, 6.45) is -0.188. The summed E-state index contributed by atoms with van der Waals surface area (Å²) >= 11 is 0. The number of carbonyl (C=O) groups is 1. The molecule has 1 rings (SSSR count). The van der Waals surface area contributed by atoms with Crippen molar-refractivity contribution >= 4 is 6.03 Å². The van der Waals surface area contributed by atoms with Gasteiger partial charge in [-0.15, -0.1) is 0 Å². The van der Waals surface area contributed by atoms with Gasteiger partial charge in [0.2, 0.25) is 0 Å². The van der Waals surface area contributed by atoms with E-state index in [9.17, 15) is 4.79 Å². The number of hydrogen-bond acceptors (Lipinski definition) is 2. The van der Waals surface area contributed by atoms with E-state index in [2.05, 4.69) is 15.6 Å². The first-order valence-electron chi connectivity index (χ1n) is 3.01. The minimum absolute atomic E-state index is 0.188. The van der Waals surface area contributed by atoms with E-state index in [4.69, 9.17) is 0 Å². The highest BCUT2D eigenvalue weighted by Gasteiger charge is 2.14. The number of rotatable bonds is 0. The number of carbonyl (C=O) groups excluding carboxylic acids is 1. The lowest BCUT2D eigenvalue weighted by atomic mass is 10.7. The summed E-state index contributed by atoms with van der Waals surface area (Å²) in [6, 6.07) is -0.271. The van der Waals surface area contributed by atoms with E-state index in [0.29, 0.717) is 0 Å². The smallest absolute Gasteiger partial charge is 0.309 e. The van der Waals surface area contributed by atoms with Gasteiger partial charge < -0.3 is 5.32 Å². The predicted octanol–water partition coefficient (Wildman–Crippen LogP) is 0.603. The molecule has 2 N–H and O–H groups in total. The summed E-state index contributed by atoms with van der Waals surface area (Å²) in [6.45, 7) is 5.73. The third-order valence-electron chi connectivity index (χ3n) is 0.663. The van der Waals surface area contributed by atoms with Gasteiger partial charge in [0.25, 0.3) is 0 Å². The zero-order valence-electron chi connectivity index (χ0n) is 5.89. The first kappa shape index (κ1) is 8.23. The molecule has 0 aliphatic carbocycles. The SMILES string of the molecule is CC.CC1NC(=O)NO1. The Labute approximate surface area is 54.5 Å². The average Bonchev–Trinajstić information content (AvgIpc) is 2.20. The van der Waals surface area contributed by atoms with Gasteiger partial charge in [-0.25, -0.2) is 15.1 Å². The molecule has 0 saturated carbocycles. The molecule has 0 aromatic carbocycles. The molecule has 1 fully saturated rings. The van der Waals surface area contributed by atoms with Crippen LogP contribution in [0.25, 0.3) is 0 Å². The summed E-state index contributed by atoms with van der Waals surface area (Å²) in [5.74, 6) is 0. The van der Waals surface area contributed by atoms with Crippen molar-refractivity contribution in [3.8, 4) is 0 Å². The number of hydroxylamine groups is 1. The maximum absolute atomic E-state index is 10.1. The zero-order valence-corrected chi connectivity index (χ0v) is 5.89. The topological polar surface area (TPSA) is 50.4 Å². The molecule has 4 heteroatoms. The number of urea groups is 1. The Balaban J connectivity index is 0.000000291. The van der Waals surface area contributed by atoms with E-state index in [0.717, 1.165) is 0 Å². The van der Waals surface area contributed by atoms with E-state index in [1.807, 2.05) is 13.8 Å². The monoisotopic (exact) mass is 132 g/mol. The van der Waals surface area contributed by atoms with Crippen LogP contribution < -0.4 is 10.8 Å². The average molecular weight is 132 g/mol. The second kappa shape index (κ2) is 4.14. The normalized spacial score (nSPS) is 23.4. The van der Waals surface area contributed by atoms with Gasteiger partial charge in [0.1, 0.15) is 0 Å². The van der Waals surface area contributed by atoms with Crippen LogP contribution in [0.4, 0.5) is 4.79 Å². The largest absolute Gasteiger partial charge is 0.340 e. The Bertz CT molecular complexity index is 95.0. The Morgan fingerprint density at radius 1 is 1.56 bits per heavy atom. The van der Waals surface area contributed by atoms with Crippen LogP contribution >= 0.6 is 0 Å². The number of nitrogens with one attached hydrogen (secondary N) is 2. The molecular formula is C5H12N2O2. The summed E-state index contributed by atoms with van der Waals surface area (Å²) < 4.78 is 0. The second-order valence-electron chi connectivity index (χ2n) is 1.34. The summed E-state index contributed by atoms with van der Waals surface area (Å²) in [5, 5.41) is 2.44. The molecule has 54 valence electrons. The molecule has 1 atom stereocenters. The highest BCUT2D eigenvalue weighted by molar-refractivity contribution is 5.74. The number of amides is 2. The summed E-state index contributed by atoms with van der Waals surface area (Å²) in [4.78, 5) is 14.7. The van der Waals surface area contributed by atoms with Crippen LogP contribution in [0.2, 0.25) is 0 Å². The van der Waals surface area contributed by atoms with Crippen LogP contribution in [-0.4, -0.2) is 12.3 Å². The molecular weight excluding hydrogens is 120 g/mol.